The Kier molecular flexibility index (Phi) is 4.66. The summed E-state index contributed by atoms with van der Waals surface area (Å²) in [6, 6.07) is 32.6. The van der Waals surface area contributed by atoms with Crippen molar-refractivity contribution in [3.05, 3.63) is 108 Å². The maximum absolute atomic E-state index is 4.62. The normalized spacial score (nSPS) is 11.5. The molecule has 0 amide bonds. The first kappa shape index (κ1) is 16.0. The number of nitrogens with zero attached hydrogens (tertiary/aromatic N) is 2. The minimum atomic E-state index is 0.944. The Balaban J connectivity index is 1.74. The van der Waals surface area contributed by atoms with Crippen LogP contribution in [0.15, 0.2) is 107 Å². The zero-order valence-electron chi connectivity index (χ0n) is 14.3. The molecule has 0 bridgehead atoms. The number of benzene rings is 4. The van der Waals surface area contributed by atoms with Gasteiger partial charge < -0.3 is 0 Å². The smallest absolute Gasteiger partial charge is 0.0629 e. The molecule has 124 valence electrons. The summed E-state index contributed by atoms with van der Waals surface area (Å²) in [6.07, 6.45) is 3.83. The molecule has 0 saturated carbocycles. The molecule has 0 N–H and O–H groups in total. The van der Waals surface area contributed by atoms with Crippen molar-refractivity contribution >= 4 is 34.6 Å². The van der Waals surface area contributed by atoms with E-state index in [-0.39, 0.29) is 0 Å². The van der Waals surface area contributed by atoms with Crippen LogP contribution in [0.2, 0.25) is 0 Å². The highest BCUT2D eigenvalue weighted by Gasteiger charge is 2.01. The SMILES string of the molecule is C(=Nc1ccccc1)c1cc(C=Nc2ccccc2)c2ccccc2c1. The molecule has 0 aromatic heterocycles. The standard InChI is InChI=1S/C24H18N2/c1-3-10-22(11-4-1)25-17-19-15-20-9-7-8-14-24(20)21(16-19)18-26-23-12-5-2-6-13-23/h1-18H. The van der Waals surface area contributed by atoms with E-state index in [0.29, 0.717) is 0 Å². The number of rotatable bonds is 4. The van der Waals surface area contributed by atoms with Crippen molar-refractivity contribution in [2.45, 2.75) is 0 Å². The van der Waals surface area contributed by atoms with Gasteiger partial charge in [0.25, 0.3) is 0 Å². The van der Waals surface area contributed by atoms with Crippen molar-refractivity contribution < 1.29 is 0 Å². The first-order chi connectivity index (χ1) is 12.9. The summed E-state index contributed by atoms with van der Waals surface area (Å²) in [4.78, 5) is 9.19. The zero-order chi connectivity index (χ0) is 17.6. The summed E-state index contributed by atoms with van der Waals surface area (Å²) >= 11 is 0. The third-order valence-corrected chi connectivity index (χ3v) is 4.14. The van der Waals surface area contributed by atoms with Crippen LogP contribution in [-0.2, 0) is 0 Å². The van der Waals surface area contributed by atoms with Crippen LogP contribution >= 0.6 is 0 Å². The predicted molar refractivity (Wildman–Crippen MR) is 111 cm³/mol. The lowest BCUT2D eigenvalue weighted by Gasteiger charge is -2.05. The maximum Gasteiger partial charge on any atom is 0.0629 e. The number of aliphatic imine (C=N–C) groups is 2. The molecule has 0 unspecified atom stereocenters. The summed E-state index contributed by atoms with van der Waals surface area (Å²) in [5.74, 6) is 0. The number of hydrogen-bond acceptors (Lipinski definition) is 2. The molecule has 0 radical (unpaired) electrons. The molecule has 0 fully saturated rings. The first-order valence-corrected chi connectivity index (χ1v) is 8.59. The summed E-state index contributed by atoms with van der Waals surface area (Å²) in [5.41, 5.74) is 4.03. The van der Waals surface area contributed by atoms with Crippen LogP contribution in [-0.4, -0.2) is 12.4 Å². The maximum atomic E-state index is 4.62. The van der Waals surface area contributed by atoms with E-state index in [1.165, 1.54) is 10.8 Å². The highest BCUT2D eigenvalue weighted by Crippen LogP contribution is 2.21. The topological polar surface area (TPSA) is 24.7 Å². The van der Waals surface area contributed by atoms with E-state index in [4.69, 9.17) is 0 Å². The molecular formula is C24H18N2. The minimum absolute atomic E-state index is 0.944. The zero-order valence-corrected chi connectivity index (χ0v) is 14.3. The van der Waals surface area contributed by atoms with Gasteiger partial charge in [-0.2, -0.15) is 0 Å². The number of para-hydroxylation sites is 2. The second-order valence-electron chi connectivity index (χ2n) is 6.02. The van der Waals surface area contributed by atoms with Gasteiger partial charge in [-0.3, -0.25) is 9.98 Å². The van der Waals surface area contributed by atoms with Gasteiger partial charge in [-0.25, -0.2) is 0 Å². The van der Waals surface area contributed by atoms with Gasteiger partial charge in [0.05, 0.1) is 11.4 Å². The molecule has 4 aromatic carbocycles. The van der Waals surface area contributed by atoms with Crippen molar-refractivity contribution in [3.63, 3.8) is 0 Å². The molecule has 4 aromatic rings. The van der Waals surface area contributed by atoms with Crippen LogP contribution in [0.1, 0.15) is 11.1 Å². The van der Waals surface area contributed by atoms with Crippen molar-refractivity contribution in [2.24, 2.45) is 9.98 Å². The number of fused-ring (bicyclic) bond motifs is 1. The Morgan fingerprint density at radius 2 is 1.12 bits per heavy atom. The van der Waals surface area contributed by atoms with Gasteiger partial charge in [-0.1, -0.05) is 60.7 Å². The van der Waals surface area contributed by atoms with Crippen LogP contribution in [0.3, 0.4) is 0 Å². The molecule has 2 heteroatoms. The Hall–Kier alpha value is -3.52. The van der Waals surface area contributed by atoms with Gasteiger partial charge in [0.2, 0.25) is 0 Å². The molecule has 0 atom stereocenters. The van der Waals surface area contributed by atoms with Gasteiger partial charge >= 0.3 is 0 Å². The fraction of sp³-hybridized carbons (Fsp3) is 0. The van der Waals surface area contributed by atoms with Crippen LogP contribution in [0, 0.1) is 0 Å². The molecule has 4 rings (SSSR count). The molecule has 0 heterocycles. The van der Waals surface area contributed by atoms with Gasteiger partial charge in [0.15, 0.2) is 0 Å². The predicted octanol–water partition coefficient (Wildman–Crippen LogP) is 6.34. The van der Waals surface area contributed by atoms with Crippen molar-refractivity contribution in [1.82, 2.24) is 0 Å². The highest BCUT2D eigenvalue weighted by atomic mass is 14.7. The Labute approximate surface area is 153 Å². The third-order valence-electron chi connectivity index (χ3n) is 4.14. The van der Waals surface area contributed by atoms with E-state index < -0.39 is 0 Å². The van der Waals surface area contributed by atoms with Crippen molar-refractivity contribution in [1.29, 1.82) is 0 Å². The largest absolute Gasteiger partial charge is 0.256 e. The van der Waals surface area contributed by atoms with Crippen LogP contribution in [0.5, 0.6) is 0 Å². The number of hydrogen-bond donors (Lipinski definition) is 0. The van der Waals surface area contributed by atoms with Gasteiger partial charge in [-0.15, -0.1) is 0 Å². The van der Waals surface area contributed by atoms with E-state index in [2.05, 4.69) is 46.4 Å². The lowest BCUT2D eigenvalue weighted by Crippen LogP contribution is -1.89. The monoisotopic (exact) mass is 334 g/mol. The second-order valence-corrected chi connectivity index (χ2v) is 6.02. The van der Waals surface area contributed by atoms with Gasteiger partial charge in [0, 0.05) is 18.0 Å². The summed E-state index contributed by atoms with van der Waals surface area (Å²) in [6.45, 7) is 0. The van der Waals surface area contributed by atoms with Crippen LogP contribution in [0.4, 0.5) is 11.4 Å². The quantitative estimate of drug-likeness (QED) is 0.389. The van der Waals surface area contributed by atoms with E-state index in [9.17, 15) is 0 Å². The average molecular weight is 334 g/mol. The van der Waals surface area contributed by atoms with Crippen molar-refractivity contribution in [3.8, 4) is 0 Å². The minimum Gasteiger partial charge on any atom is -0.256 e. The third kappa shape index (κ3) is 3.76. The van der Waals surface area contributed by atoms with E-state index >= 15 is 0 Å². The average Bonchev–Trinajstić information content (AvgIpc) is 2.72. The van der Waals surface area contributed by atoms with E-state index in [0.717, 1.165) is 22.5 Å². The highest BCUT2D eigenvalue weighted by molar-refractivity contribution is 6.03. The molecule has 0 spiro atoms. The molecular weight excluding hydrogens is 316 g/mol. The fourth-order valence-electron chi connectivity index (χ4n) is 2.87. The second kappa shape index (κ2) is 7.58. The molecule has 0 aliphatic heterocycles. The van der Waals surface area contributed by atoms with Gasteiger partial charge in [-0.05, 0) is 52.7 Å². The summed E-state index contributed by atoms with van der Waals surface area (Å²) in [7, 11) is 0. The molecule has 0 aliphatic carbocycles. The van der Waals surface area contributed by atoms with Crippen LogP contribution < -0.4 is 0 Å². The lowest BCUT2D eigenvalue weighted by atomic mass is 10.0. The summed E-state index contributed by atoms with van der Waals surface area (Å²) < 4.78 is 0. The Bertz CT molecular complexity index is 1070. The Morgan fingerprint density at radius 3 is 1.81 bits per heavy atom. The lowest BCUT2D eigenvalue weighted by molar-refractivity contribution is 1.52. The van der Waals surface area contributed by atoms with Gasteiger partial charge in [0.1, 0.15) is 0 Å². The van der Waals surface area contributed by atoms with E-state index in [1.807, 2.05) is 73.1 Å². The molecule has 0 aliphatic rings. The van der Waals surface area contributed by atoms with Crippen LogP contribution in [0.25, 0.3) is 10.8 Å². The van der Waals surface area contributed by atoms with Crippen molar-refractivity contribution in [2.75, 3.05) is 0 Å². The fourth-order valence-corrected chi connectivity index (χ4v) is 2.87. The summed E-state index contributed by atoms with van der Waals surface area (Å²) in [5, 5.41) is 2.36. The molecule has 2 nitrogen and oxygen atoms in total. The molecule has 26 heavy (non-hydrogen) atoms. The van der Waals surface area contributed by atoms with E-state index in [1.54, 1.807) is 0 Å². The molecule has 0 saturated heterocycles. The Morgan fingerprint density at radius 1 is 0.538 bits per heavy atom. The first-order valence-electron chi connectivity index (χ1n) is 8.59.